The Morgan fingerprint density at radius 3 is 2.68 bits per heavy atom. The maximum absolute atomic E-state index is 12.8. The number of rotatable bonds is 4. The van der Waals surface area contributed by atoms with Gasteiger partial charge < -0.3 is 25.1 Å². The molecule has 1 heterocycles. The van der Waals surface area contributed by atoms with Gasteiger partial charge in [0.1, 0.15) is 6.04 Å². The number of fused-ring (bicyclic) bond motifs is 5. The van der Waals surface area contributed by atoms with Crippen LogP contribution in [0.2, 0.25) is 0 Å². The van der Waals surface area contributed by atoms with Crippen molar-refractivity contribution < 1.29 is 34.6 Å². The summed E-state index contributed by atoms with van der Waals surface area (Å²) in [5.74, 6) is -1.26. The zero-order valence-electron chi connectivity index (χ0n) is 14.7. The number of amides is 1. The third-order valence-electron chi connectivity index (χ3n) is 4.66. The number of hydrogen-bond donors (Lipinski definition) is 4. The molecule has 0 aliphatic carbocycles. The van der Waals surface area contributed by atoms with Gasteiger partial charge in [-0.2, -0.15) is 5.23 Å². The monoisotopic (exact) mass is 384 g/mol. The molecule has 4 rings (SSSR count). The summed E-state index contributed by atoms with van der Waals surface area (Å²) >= 11 is 0. The first-order chi connectivity index (χ1) is 13.4. The van der Waals surface area contributed by atoms with Gasteiger partial charge in [0.25, 0.3) is 5.91 Å². The molecule has 9 heteroatoms. The van der Waals surface area contributed by atoms with E-state index in [9.17, 15) is 20.0 Å². The summed E-state index contributed by atoms with van der Waals surface area (Å²) in [6, 6.07) is 8.86. The molecule has 0 spiro atoms. The SMILES string of the molecule is CC(NC(=O)c1cc2c(c3c1c([NH+]([O-])O)cc1ccccc13)OCO2)C(=O)O. The third kappa shape index (κ3) is 2.78. The summed E-state index contributed by atoms with van der Waals surface area (Å²) in [6.45, 7) is 1.26. The quantitative estimate of drug-likeness (QED) is 0.394. The number of aliphatic carboxylic acids is 1. The number of carbonyl (C=O) groups excluding carboxylic acids is 1. The van der Waals surface area contributed by atoms with Crippen LogP contribution < -0.4 is 20.0 Å². The van der Waals surface area contributed by atoms with Crippen molar-refractivity contribution in [3.63, 3.8) is 0 Å². The molecular weight excluding hydrogens is 368 g/mol. The van der Waals surface area contributed by atoms with Crippen LogP contribution in [0.5, 0.6) is 11.5 Å². The Labute approximate surface area is 158 Å². The average molecular weight is 384 g/mol. The van der Waals surface area contributed by atoms with Gasteiger partial charge in [-0.05, 0) is 23.8 Å². The normalized spacial score (nSPS) is 14.8. The fourth-order valence-corrected chi connectivity index (χ4v) is 3.34. The maximum Gasteiger partial charge on any atom is 0.325 e. The number of ether oxygens (including phenoxy) is 2. The Morgan fingerprint density at radius 2 is 1.96 bits per heavy atom. The smallest absolute Gasteiger partial charge is 0.325 e. The highest BCUT2D eigenvalue weighted by Crippen LogP contribution is 2.46. The second kappa shape index (κ2) is 6.64. The zero-order valence-corrected chi connectivity index (χ0v) is 14.7. The van der Waals surface area contributed by atoms with E-state index in [0.29, 0.717) is 27.7 Å². The number of benzene rings is 3. The lowest BCUT2D eigenvalue weighted by atomic mass is 9.94. The van der Waals surface area contributed by atoms with Gasteiger partial charge in [-0.3, -0.25) is 9.59 Å². The third-order valence-corrected chi connectivity index (χ3v) is 4.66. The maximum atomic E-state index is 12.8. The van der Waals surface area contributed by atoms with Gasteiger partial charge in [0, 0.05) is 11.5 Å². The van der Waals surface area contributed by atoms with Crippen molar-refractivity contribution in [1.29, 1.82) is 0 Å². The molecule has 0 bridgehead atoms. The minimum atomic E-state index is -1.21. The molecule has 2 unspecified atom stereocenters. The average Bonchev–Trinajstić information content (AvgIpc) is 3.14. The Kier molecular flexibility index (Phi) is 4.27. The van der Waals surface area contributed by atoms with Gasteiger partial charge in [-0.25, -0.2) is 5.21 Å². The molecule has 1 aliphatic rings. The molecule has 0 saturated carbocycles. The number of nitrogens with one attached hydrogen (secondary N) is 2. The topological polar surface area (TPSA) is 133 Å². The van der Waals surface area contributed by atoms with Crippen molar-refractivity contribution in [3.05, 3.63) is 47.2 Å². The molecule has 0 saturated heterocycles. The number of hydrogen-bond acceptors (Lipinski definition) is 6. The van der Waals surface area contributed by atoms with Gasteiger partial charge in [0.15, 0.2) is 17.2 Å². The van der Waals surface area contributed by atoms with E-state index in [4.69, 9.17) is 14.6 Å². The molecule has 0 fully saturated rings. The van der Waals surface area contributed by atoms with Crippen LogP contribution in [0.3, 0.4) is 0 Å². The lowest BCUT2D eigenvalue weighted by Crippen LogP contribution is -2.99. The highest BCUT2D eigenvalue weighted by Gasteiger charge is 2.29. The van der Waals surface area contributed by atoms with Gasteiger partial charge in [0.2, 0.25) is 6.79 Å². The van der Waals surface area contributed by atoms with Crippen LogP contribution in [0, 0.1) is 5.21 Å². The molecule has 0 aromatic heterocycles. The Bertz CT molecular complexity index is 1130. The minimum Gasteiger partial charge on any atom is -0.595 e. The van der Waals surface area contributed by atoms with Crippen LogP contribution in [-0.4, -0.2) is 35.0 Å². The first-order valence-electron chi connectivity index (χ1n) is 8.43. The predicted molar refractivity (Wildman–Crippen MR) is 97.9 cm³/mol. The lowest BCUT2D eigenvalue weighted by Gasteiger charge is -2.19. The van der Waals surface area contributed by atoms with Crippen LogP contribution in [-0.2, 0) is 4.79 Å². The largest absolute Gasteiger partial charge is 0.595 e. The van der Waals surface area contributed by atoms with E-state index >= 15 is 0 Å². The highest BCUT2D eigenvalue weighted by molar-refractivity contribution is 6.22. The predicted octanol–water partition coefficient (Wildman–Crippen LogP) is 1.33. The van der Waals surface area contributed by atoms with Crippen molar-refractivity contribution in [2.24, 2.45) is 0 Å². The summed E-state index contributed by atoms with van der Waals surface area (Å²) in [6.07, 6.45) is 0. The summed E-state index contributed by atoms with van der Waals surface area (Å²) in [4.78, 5) is 23.9. The first kappa shape index (κ1) is 18.0. The Hall–Kier alpha value is -3.40. The molecule has 3 aromatic carbocycles. The summed E-state index contributed by atoms with van der Waals surface area (Å²) in [7, 11) is 0. The van der Waals surface area contributed by atoms with E-state index in [1.54, 1.807) is 24.3 Å². The van der Waals surface area contributed by atoms with Gasteiger partial charge >= 0.3 is 5.97 Å². The van der Waals surface area contributed by atoms with Crippen molar-refractivity contribution in [2.45, 2.75) is 13.0 Å². The van der Waals surface area contributed by atoms with E-state index < -0.39 is 23.1 Å². The number of carboxylic acids is 1. The number of quaternary nitrogens is 1. The van der Waals surface area contributed by atoms with E-state index in [0.717, 1.165) is 0 Å². The fraction of sp³-hybridized carbons (Fsp3) is 0.158. The zero-order chi connectivity index (χ0) is 20.0. The van der Waals surface area contributed by atoms with Crippen molar-refractivity contribution in [3.8, 4) is 11.5 Å². The molecule has 28 heavy (non-hydrogen) atoms. The van der Waals surface area contributed by atoms with Gasteiger partial charge in [-0.15, -0.1) is 0 Å². The standard InChI is InChI=1S/C19H16N2O7/c1-9(19(23)24)20-18(22)12-7-14-17(28-8-27-14)16-11-5-3-2-4-10(11)6-13(15(12)16)21(25)26/h2-7,9,21,25H,8H2,1H3,(H,20,22)(H,23,24). The van der Waals surface area contributed by atoms with Crippen molar-refractivity contribution >= 4 is 39.1 Å². The molecule has 2 atom stereocenters. The van der Waals surface area contributed by atoms with E-state index in [1.165, 1.54) is 19.1 Å². The summed E-state index contributed by atoms with van der Waals surface area (Å²) in [5, 5.41) is 33.9. The van der Waals surface area contributed by atoms with Crippen molar-refractivity contribution in [1.82, 2.24) is 5.32 Å². The van der Waals surface area contributed by atoms with E-state index in [-0.39, 0.29) is 23.4 Å². The summed E-state index contributed by atoms with van der Waals surface area (Å²) in [5.41, 5.74) is -0.0735. The molecule has 9 nitrogen and oxygen atoms in total. The molecular formula is C19H16N2O7. The highest BCUT2D eigenvalue weighted by atomic mass is 16.8. The van der Waals surface area contributed by atoms with Crippen LogP contribution in [0.25, 0.3) is 21.5 Å². The first-order valence-corrected chi connectivity index (χ1v) is 8.43. The fourth-order valence-electron chi connectivity index (χ4n) is 3.34. The van der Waals surface area contributed by atoms with Crippen LogP contribution >= 0.6 is 0 Å². The number of carbonyl (C=O) groups is 2. The van der Waals surface area contributed by atoms with Crippen LogP contribution in [0.15, 0.2) is 36.4 Å². The molecule has 1 amide bonds. The minimum absolute atomic E-state index is 0.00973. The van der Waals surface area contributed by atoms with Crippen LogP contribution in [0.4, 0.5) is 5.69 Å². The summed E-state index contributed by atoms with van der Waals surface area (Å²) < 4.78 is 11.0. The van der Waals surface area contributed by atoms with Gasteiger partial charge in [0.05, 0.1) is 10.9 Å². The van der Waals surface area contributed by atoms with Gasteiger partial charge in [-0.1, -0.05) is 24.3 Å². The molecule has 0 radical (unpaired) electrons. The van der Waals surface area contributed by atoms with Crippen molar-refractivity contribution in [2.75, 3.05) is 6.79 Å². The second-order valence-corrected chi connectivity index (χ2v) is 6.39. The van der Waals surface area contributed by atoms with Crippen LogP contribution in [0.1, 0.15) is 17.3 Å². The molecule has 3 aromatic rings. The number of carboxylic acid groups (broad SMARTS) is 1. The lowest BCUT2D eigenvalue weighted by molar-refractivity contribution is -0.990. The molecule has 1 aliphatic heterocycles. The van der Waals surface area contributed by atoms with E-state index in [1.807, 2.05) is 0 Å². The van der Waals surface area contributed by atoms with E-state index in [2.05, 4.69) is 5.32 Å². The Balaban J connectivity index is 2.08. The Morgan fingerprint density at radius 1 is 1.21 bits per heavy atom. The molecule has 144 valence electrons. The second-order valence-electron chi connectivity index (χ2n) is 6.39. The molecule has 4 N–H and O–H groups in total.